The smallest absolute Gasteiger partial charge is 0.323 e. The Morgan fingerprint density at radius 2 is 1.70 bits per heavy atom. The number of amides is 1. The van der Waals surface area contributed by atoms with Crippen LogP contribution in [-0.4, -0.2) is 41.8 Å². The maximum absolute atomic E-state index is 12.5. The predicted molar refractivity (Wildman–Crippen MR) is 75.9 cm³/mol. The van der Waals surface area contributed by atoms with Crippen LogP contribution in [0.3, 0.4) is 0 Å². The van der Waals surface area contributed by atoms with E-state index < -0.39 is 18.2 Å². The van der Waals surface area contributed by atoms with Crippen LogP contribution in [0.5, 0.6) is 0 Å². The Morgan fingerprint density at radius 3 is 2.05 bits per heavy atom. The minimum Gasteiger partial charge on any atom is -0.435 e. The van der Waals surface area contributed by atoms with Gasteiger partial charge in [-0.3, -0.25) is 9.59 Å². The fraction of sp³-hybridized carbons (Fsp3) is 0.867. The van der Waals surface area contributed by atoms with Gasteiger partial charge in [0.25, 0.3) is 0 Å². The number of hydrogen-bond donors (Lipinski definition) is 0. The summed E-state index contributed by atoms with van der Waals surface area (Å²) in [6, 6.07) is 0.0753. The lowest BCUT2D eigenvalue weighted by molar-refractivity contribution is -0.235. The molecule has 0 aromatic rings. The SMILES string of the molecule is CC(C)N(C(=O)[C@H]1CO[C@@H](C(C)(C)C)OC1=O)C(C)C. The Hall–Kier alpha value is -1.10. The summed E-state index contributed by atoms with van der Waals surface area (Å²) in [4.78, 5) is 26.3. The Kier molecular flexibility index (Phi) is 5.19. The van der Waals surface area contributed by atoms with Crippen molar-refractivity contribution in [1.29, 1.82) is 0 Å². The first-order valence-electron chi connectivity index (χ1n) is 7.20. The number of cyclic esters (lactones) is 1. The van der Waals surface area contributed by atoms with Crippen molar-refractivity contribution in [3.63, 3.8) is 0 Å². The third-order valence-electron chi connectivity index (χ3n) is 3.29. The first-order valence-corrected chi connectivity index (χ1v) is 7.20. The predicted octanol–water partition coefficient (Wildman–Crippen LogP) is 2.19. The van der Waals surface area contributed by atoms with Crippen molar-refractivity contribution in [3.05, 3.63) is 0 Å². The molecule has 0 aromatic heterocycles. The zero-order valence-electron chi connectivity index (χ0n) is 13.6. The van der Waals surface area contributed by atoms with E-state index >= 15 is 0 Å². The molecule has 0 saturated carbocycles. The van der Waals surface area contributed by atoms with Crippen molar-refractivity contribution in [1.82, 2.24) is 4.90 Å². The highest BCUT2D eigenvalue weighted by atomic mass is 16.7. The summed E-state index contributed by atoms with van der Waals surface area (Å²) in [6.45, 7) is 13.6. The molecular formula is C15H27NO4. The van der Waals surface area contributed by atoms with Crippen molar-refractivity contribution < 1.29 is 19.1 Å². The molecule has 1 amide bonds. The minimum absolute atomic E-state index is 0.0376. The highest BCUT2D eigenvalue weighted by Crippen LogP contribution is 2.29. The third-order valence-corrected chi connectivity index (χ3v) is 3.29. The van der Waals surface area contributed by atoms with E-state index in [1.165, 1.54) is 0 Å². The number of carbonyl (C=O) groups is 2. The van der Waals surface area contributed by atoms with E-state index in [1.807, 2.05) is 48.5 Å². The molecule has 1 fully saturated rings. The van der Waals surface area contributed by atoms with E-state index in [0.717, 1.165) is 0 Å². The normalized spacial score (nSPS) is 23.9. The Balaban J connectivity index is 2.80. The van der Waals surface area contributed by atoms with Gasteiger partial charge in [0, 0.05) is 17.5 Å². The van der Waals surface area contributed by atoms with Crippen molar-refractivity contribution in [2.45, 2.75) is 66.8 Å². The molecule has 0 N–H and O–H groups in total. The summed E-state index contributed by atoms with van der Waals surface area (Å²) < 4.78 is 10.9. The molecular weight excluding hydrogens is 258 g/mol. The summed E-state index contributed by atoms with van der Waals surface area (Å²) in [5.41, 5.74) is -0.292. The van der Waals surface area contributed by atoms with Crippen LogP contribution in [0.1, 0.15) is 48.5 Å². The van der Waals surface area contributed by atoms with Gasteiger partial charge in [-0.15, -0.1) is 0 Å². The molecule has 1 saturated heterocycles. The van der Waals surface area contributed by atoms with Crippen LogP contribution in [0.4, 0.5) is 0 Å². The lowest BCUT2D eigenvalue weighted by Crippen LogP contribution is -2.52. The maximum Gasteiger partial charge on any atom is 0.323 e. The molecule has 0 aliphatic carbocycles. The number of nitrogens with zero attached hydrogens (tertiary/aromatic N) is 1. The average molecular weight is 285 g/mol. The van der Waals surface area contributed by atoms with Crippen molar-refractivity contribution in [2.24, 2.45) is 11.3 Å². The van der Waals surface area contributed by atoms with Gasteiger partial charge >= 0.3 is 5.97 Å². The molecule has 0 spiro atoms. The average Bonchev–Trinajstić information content (AvgIpc) is 2.26. The van der Waals surface area contributed by atoms with Crippen LogP contribution < -0.4 is 0 Å². The third kappa shape index (κ3) is 3.72. The van der Waals surface area contributed by atoms with E-state index in [-0.39, 0.29) is 30.0 Å². The second-order valence-corrected chi connectivity index (χ2v) is 6.95. The number of ether oxygens (including phenoxy) is 2. The van der Waals surface area contributed by atoms with Crippen LogP contribution in [0, 0.1) is 11.3 Å². The topological polar surface area (TPSA) is 55.8 Å². The van der Waals surface area contributed by atoms with E-state index in [0.29, 0.717) is 0 Å². The number of esters is 1. The van der Waals surface area contributed by atoms with E-state index in [2.05, 4.69) is 0 Å². The first kappa shape index (κ1) is 17.0. The summed E-state index contributed by atoms with van der Waals surface area (Å²) in [5.74, 6) is -1.54. The van der Waals surface area contributed by atoms with E-state index in [9.17, 15) is 9.59 Å². The van der Waals surface area contributed by atoms with Crippen molar-refractivity contribution in [2.75, 3.05) is 6.61 Å². The van der Waals surface area contributed by atoms with Crippen LogP contribution in [0.2, 0.25) is 0 Å². The monoisotopic (exact) mass is 285 g/mol. The van der Waals surface area contributed by atoms with Gasteiger partial charge in [-0.25, -0.2) is 0 Å². The molecule has 20 heavy (non-hydrogen) atoms. The highest BCUT2D eigenvalue weighted by Gasteiger charge is 2.42. The maximum atomic E-state index is 12.5. The van der Waals surface area contributed by atoms with Crippen LogP contribution >= 0.6 is 0 Å². The van der Waals surface area contributed by atoms with Crippen LogP contribution in [0.25, 0.3) is 0 Å². The molecule has 116 valence electrons. The number of carbonyl (C=O) groups excluding carboxylic acids is 2. The van der Waals surface area contributed by atoms with Gasteiger partial charge in [-0.2, -0.15) is 0 Å². The Labute approximate surface area is 121 Å². The second kappa shape index (κ2) is 6.12. The lowest BCUT2D eigenvalue weighted by atomic mass is 9.94. The van der Waals surface area contributed by atoms with E-state index in [1.54, 1.807) is 4.90 Å². The summed E-state index contributed by atoms with van der Waals surface area (Å²) in [7, 11) is 0. The summed E-state index contributed by atoms with van der Waals surface area (Å²) in [6.07, 6.45) is -0.592. The van der Waals surface area contributed by atoms with Gasteiger partial charge in [0.15, 0.2) is 5.92 Å². The fourth-order valence-electron chi connectivity index (χ4n) is 2.36. The molecule has 2 atom stereocenters. The molecule has 1 aliphatic heterocycles. The molecule has 0 aromatic carbocycles. The quantitative estimate of drug-likeness (QED) is 0.589. The van der Waals surface area contributed by atoms with Gasteiger partial charge in [0.1, 0.15) is 0 Å². The fourth-order valence-corrected chi connectivity index (χ4v) is 2.36. The standard InChI is InChI=1S/C15H27NO4/c1-9(2)16(10(3)4)12(17)11-8-19-14(15(5,6)7)20-13(11)18/h9-11,14H,8H2,1-7H3/t11-,14-/m1/s1. The molecule has 1 heterocycles. The molecule has 0 unspecified atom stereocenters. The number of rotatable bonds is 3. The molecule has 5 heteroatoms. The van der Waals surface area contributed by atoms with Gasteiger partial charge in [0.2, 0.25) is 12.2 Å². The zero-order chi connectivity index (χ0) is 15.7. The van der Waals surface area contributed by atoms with Gasteiger partial charge in [-0.1, -0.05) is 20.8 Å². The van der Waals surface area contributed by atoms with Gasteiger partial charge < -0.3 is 14.4 Å². The largest absolute Gasteiger partial charge is 0.435 e. The second-order valence-electron chi connectivity index (χ2n) is 6.95. The van der Waals surface area contributed by atoms with Crippen molar-refractivity contribution >= 4 is 11.9 Å². The lowest BCUT2D eigenvalue weighted by Gasteiger charge is -2.38. The zero-order valence-corrected chi connectivity index (χ0v) is 13.6. The first-order chi connectivity index (χ1) is 9.05. The van der Waals surface area contributed by atoms with Crippen molar-refractivity contribution in [3.8, 4) is 0 Å². The molecule has 0 bridgehead atoms. The summed E-state index contributed by atoms with van der Waals surface area (Å²) >= 11 is 0. The van der Waals surface area contributed by atoms with Crippen LogP contribution in [-0.2, 0) is 19.1 Å². The van der Waals surface area contributed by atoms with Crippen LogP contribution in [0.15, 0.2) is 0 Å². The highest BCUT2D eigenvalue weighted by molar-refractivity contribution is 5.98. The molecule has 1 rings (SSSR count). The Morgan fingerprint density at radius 1 is 1.20 bits per heavy atom. The van der Waals surface area contributed by atoms with Gasteiger partial charge in [-0.05, 0) is 27.7 Å². The number of hydrogen-bond acceptors (Lipinski definition) is 4. The molecule has 5 nitrogen and oxygen atoms in total. The molecule has 1 aliphatic rings. The molecule has 0 radical (unpaired) electrons. The van der Waals surface area contributed by atoms with Gasteiger partial charge in [0.05, 0.1) is 6.61 Å². The summed E-state index contributed by atoms with van der Waals surface area (Å²) in [5, 5.41) is 0. The Bertz CT molecular complexity index is 363. The van der Waals surface area contributed by atoms with E-state index in [4.69, 9.17) is 9.47 Å². The minimum atomic E-state index is -0.849.